The fraction of sp³-hybridized carbons (Fsp3) is 0.818. The summed E-state index contributed by atoms with van der Waals surface area (Å²) in [6, 6.07) is -0.160. The van der Waals surface area contributed by atoms with Gasteiger partial charge in [-0.2, -0.15) is 0 Å². The predicted octanol–water partition coefficient (Wildman–Crippen LogP) is -0.277. The van der Waals surface area contributed by atoms with Gasteiger partial charge in [0.1, 0.15) is 0 Å². The van der Waals surface area contributed by atoms with Crippen LogP contribution >= 0.6 is 0 Å². The molecule has 2 N–H and O–H groups in total. The second kappa shape index (κ2) is 6.48. The predicted molar refractivity (Wildman–Crippen MR) is 62.0 cm³/mol. The molecule has 0 aliphatic carbocycles. The molecule has 16 heavy (non-hydrogen) atoms. The van der Waals surface area contributed by atoms with E-state index in [4.69, 9.17) is 0 Å². The molecule has 1 saturated heterocycles. The summed E-state index contributed by atoms with van der Waals surface area (Å²) < 4.78 is 0. The van der Waals surface area contributed by atoms with Crippen LogP contribution in [0.4, 0.5) is 0 Å². The zero-order valence-corrected chi connectivity index (χ0v) is 10.1. The van der Waals surface area contributed by atoms with Gasteiger partial charge in [-0.05, 0) is 19.8 Å². The van der Waals surface area contributed by atoms with Gasteiger partial charge in [0.2, 0.25) is 11.8 Å². The van der Waals surface area contributed by atoms with Crippen LogP contribution in [0.3, 0.4) is 0 Å². The number of nitrogens with zero attached hydrogens (tertiary/aromatic N) is 1. The second-order valence-corrected chi connectivity index (χ2v) is 4.19. The topological polar surface area (TPSA) is 61.4 Å². The standard InChI is InChI=1S/C11H21N3O2/c1-9(12-5-6-13-10(2)15)11(16)14-7-3-4-8-14/h9,12H,3-8H2,1-2H3,(H,13,15). The molecular formula is C11H21N3O2. The lowest BCUT2D eigenvalue weighted by Crippen LogP contribution is -2.45. The maximum absolute atomic E-state index is 11.8. The minimum atomic E-state index is -0.160. The third-order valence-electron chi connectivity index (χ3n) is 2.74. The number of likely N-dealkylation sites (tertiary alicyclic amines) is 1. The van der Waals surface area contributed by atoms with Crippen molar-refractivity contribution in [2.75, 3.05) is 26.2 Å². The summed E-state index contributed by atoms with van der Waals surface area (Å²) in [4.78, 5) is 24.4. The average Bonchev–Trinajstić information content (AvgIpc) is 2.76. The molecule has 0 aromatic rings. The van der Waals surface area contributed by atoms with Gasteiger partial charge in [-0.1, -0.05) is 0 Å². The van der Waals surface area contributed by atoms with Crippen LogP contribution in [0, 0.1) is 0 Å². The summed E-state index contributed by atoms with van der Waals surface area (Å²) >= 11 is 0. The lowest BCUT2D eigenvalue weighted by atomic mass is 10.3. The number of nitrogens with one attached hydrogen (secondary N) is 2. The van der Waals surface area contributed by atoms with Crippen molar-refractivity contribution in [2.45, 2.75) is 32.7 Å². The summed E-state index contributed by atoms with van der Waals surface area (Å²) in [6.07, 6.45) is 2.23. The first-order valence-electron chi connectivity index (χ1n) is 5.88. The molecule has 1 fully saturated rings. The van der Waals surface area contributed by atoms with E-state index in [1.54, 1.807) is 0 Å². The normalized spacial score (nSPS) is 17.2. The summed E-state index contributed by atoms with van der Waals surface area (Å²) in [5.41, 5.74) is 0. The van der Waals surface area contributed by atoms with E-state index in [0.29, 0.717) is 13.1 Å². The summed E-state index contributed by atoms with van der Waals surface area (Å²) in [7, 11) is 0. The number of hydrogen-bond acceptors (Lipinski definition) is 3. The Hall–Kier alpha value is -1.10. The molecule has 0 spiro atoms. The summed E-state index contributed by atoms with van der Waals surface area (Å²) in [6.45, 7) is 6.31. The van der Waals surface area contributed by atoms with Crippen LogP contribution in [0.15, 0.2) is 0 Å². The number of rotatable bonds is 5. The molecule has 92 valence electrons. The lowest BCUT2D eigenvalue weighted by molar-refractivity contribution is -0.131. The molecule has 5 nitrogen and oxygen atoms in total. The van der Waals surface area contributed by atoms with E-state index in [0.717, 1.165) is 25.9 Å². The van der Waals surface area contributed by atoms with Crippen LogP contribution in [0.2, 0.25) is 0 Å². The van der Waals surface area contributed by atoms with Crippen molar-refractivity contribution in [1.82, 2.24) is 15.5 Å². The molecule has 0 aromatic heterocycles. The van der Waals surface area contributed by atoms with E-state index in [-0.39, 0.29) is 17.9 Å². The van der Waals surface area contributed by atoms with Crippen molar-refractivity contribution >= 4 is 11.8 Å². The highest BCUT2D eigenvalue weighted by Crippen LogP contribution is 2.08. The first-order chi connectivity index (χ1) is 7.61. The average molecular weight is 227 g/mol. The van der Waals surface area contributed by atoms with Gasteiger partial charge in [0.25, 0.3) is 0 Å². The van der Waals surface area contributed by atoms with Gasteiger partial charge >= 0.3 is 0 Å². The van der Waals surface area contributed by atoms with Gasteiger partial charge in [-0.3, -0.25) is 9.59 Å². The number of carbonyl (C=O) groups excluding carboxylic acids is 2. The van der Waals surface area contributed by atoms with Crippen molar-refractivity contribution in [3.8, 4) is 0 Å². The van der Waals surface area contributed by atoms with Gasteiger partial charge in [0.15, 0.2) is 0 Å². The zero-order chi connectivity index (χ0) is 12.0. The van der Waals surface area contributed by atoms with Crippen LogP contribution < -0.4 is 10.6 Å². The molecule has 1 aliphatic rings. The Labute approximate surface area is 96.6 Å². The third-order valence-corrected chi connectivity index (χ3v) is 2.74. The maximum Gasteiger partial charge on any atom is 0.239 e. The molecule has 2 amide bonds. The minimum absolute atomic E-state index is 0.0414. The van der Waals surface area contributed by atoms with E-state index in [1.165, 1.54) is 6.92 Å². The lowest BCUT2D eigenvalue weighted by Gasteiger charge is -2.21. The van der Waals surface area contributed by atoms with Crippen molar-refractivity contribution in [3.05, 3.63) is 0 Å². The SMILES string of the molecule is CC(=O)NCCNC(C)C(=O)N1CCCC1. The Bertz CT molecular complexity index is 250. The van der Waals surface area contributed by atoms with Crippen molar-refractivity contribution in [3.63, 3.8) is 0 Å². The largest absolute Gasteiger partial charge is 0.355 e. The van der Waals surface area contributed by atoms with E-state index < -0.39 is 0 Å². The molecule has 0 bridgehead atoms. The molecule has 1 heterocycles. The van der Waals surface area contributed by atoms with Crippen LogP contribution in [-0.2, 0) is 9.59 Å². The molecule has 5 heteroatoms. The number of hydrogen-bond donors (Lipinski definition) is 2. The van der Waals surface area contributed by atoms with Gasteiger partial charge in [0, 0.05) is 33.1 Å². The molecule has 1 aliphatic heterocycles. The van der Waals surface area contributed by atoms with Crippen LogP contribution in [0.5, 0.6) is 0 Å². The quantitative estimate of drug-likeness (QED) is 0.635. The van der Waals surface area contributed by atoms with Crippen LogP contribution in [0.25, 0.3) is 0 Å². The Morgan fingerprint density at radius 3 is 2.44 bits per heavy atom. The fourth-order valence-electron chi connectivity index (χ4n) is 1.83. The second-order valence-electron chi connectivity index (χ2n) is 4.19. The van der Waals surface area contributed by atoms with Gasteiger partial charge in [-0.25, -0.2) is 0 Å². The van der Waals surface area contributed by atoms with Gasteiger partial charge in [-0.15, -0.1) is 0 Å². The Balaban J connectivity index is 2.15. The smallest absolute Gasteiger partial charge is 0.239 e. The fourth-order valence-corrected chi connectivity index (χ4v) is 1.83. The first-order valence-corrected chi connectivity index (χ1v) is 5.88. The van der Waals surface area contributed by atoms with Crippen molar-refractivity contribution in [2.24, 2.45) is 0 Å². The molecule has 0 radical (unpaired) electrons. The maximum atomic E-state index is 11.8. The Kier molecular flexibility index (Phi) is 5.25. The summed E-state index contributed by atoms with van der Waals surface area (Å²) in [5.74, 6) is 0.126. The van der Waals surface area contributed by atoms with E-state index in [1.807, 2.05) is 11.8 Å². The zero-order valence-electron chi connectivity index (χ0n) is 10.1. The molecule has 0 aromatic carbocycles. The first kappa shape index (κ1) is 13.0. The third kappa shape index (κ3) is 4.18. The van der Waals surface area contributed by atoms with Crippen molar-refractivity contribution < 1.29 is 9.59 Å². The van der Waals surface area contributed by atoms with Crippen LogP contribution in [-0.4, -0.2) is 48.9 Å². The molecule has 1 rings (SSSR count). The highest BCUT2D eigenvalue weighted by Gasteiger charge is 2.22. The van der Waals surface area contributed by atoms with Crippen LogP contribution in [0.1, 0.15) is 26.7 Å². The Morgan fingerprint density at radius 2 is 1.88 bits per heavy atom. The van der Waals surface area contributed by atoms with E-state index in [9.17, 15) is 9.59 Å². The Morgan fingerprint density at radius 1 is 1.25 bits per heavy atom. The highest BCUT2D eigenvalue weighted by molar-refractivity contribution is 5.81. The number of amides is 2. The monoisotopic (exact) mass is 227 g/mol. The number of carbonyl (C=O) groups is 2. The molecule has 0 saturated carbocycles. The highest BCUT2D eigenvalue weighted by atomic mass is 16.2. The van der Waals surface area contributed by atoms with Gasteiger partial charge in [0.05, 0.1) is 6.04 Å². The van der Waals surface area contributed by atoms with Crippen molar-refractivity contribution in [1.29, 1.82) is 0 Å². The minimum Gasteiger partial charge on any atom is -0.355 e. The van der Waals surface area contributed by atoms with E-state index >= 15 is 0 Å². The van der Waals surface area contributed by atoms with Gasteiger partial charge < -0.3 is 15.5 Å². The summed E-state index contributed by atoms with van der Waals surface area (Å²) in [5, 5.41) is 5.79. The molecule has 1 atom stereocenters. The molecular weight excluding hydrogens is 206 g/mol. The molecule has 1 unspecified atom stereocenters. The van der Waals surface area contributed by atoms with E-state index in [2.05, 4.69) is 10.6 Å².